The molecule has 1 aromatic rings. The number of methoxy groups -OCH3 is 1. The van der Waals surface area contributed by atoms with Crippen molar-refractivity contribution in [3.05, 3.63) is 24.3 Å². The molecule has 4 nitrogen and oxygen atoms in total. The minimum atomic E-state index is -0.833. The van der Waals surface area contributed by atoms with E-state index in [2.05, 4.69) is 0 Å². The van der Waals surface area contributed by atoms with Crippen molar-refractivity contribution in [3.63, 3.8) is 0 Å². The molecule has 0 unspecified atom stereocenters. The van der Waals surface area contributed by atoms with Gasteiger partial charge >= 0.3 is 0 Å². The molecule has 0 amide bonds. The zero-order valence-electron chi connectivity index (χ0n) is 9.19. The molecule has 1 aromatic carbocycles. The van der Waals surface area contributed by atoms with E-state index in [1.165, 1.54) is 0 Å². The highest BCUT2D eigenvalue weighted by molar-refractivity contribution is 5.62. The van der Waals surface area contributed by atoms with Gasteiger partial charge < -0.3 is 14.6 Å². The highest BCUT2D eigenvalue weighted by atomic mass is 16.5. The molecular formula is C11H16O4. The van der Waals surface area contributed by atoms with Crippen molar-refractivity contribution >= 4 is 5.97 Å². The van der Waals surface area contributed by atoms with Crippen molar-refractivity contribution < 1.29 is 19.4 Å². The van der Waals surface area contributed by atoms with Crippen LogP contribution < -0.4 is 9.47 Å². The van der Waals surface area contributed by atoms with Gasteiger partial charge in [-0.15, -0.1) is 0 Å². The van der Waals surface area contributed by atoms with Crippen LogP contribution in [0, 0.1) is 0 Å². The first-order chi connectivity index (χ1) is 7.10. The van der Waals surface area contributed by atoms with Crippen molar-refractivity contribution in [1.82, 2.24) is 0 Å². The summed E-state index contributed by atoms with van der Waals surface area (Å²) in [6.45, 7) is 3.75. The lowest BCUT2D eigenvalue weighted by molar-refractivity contribution is -0.134. The third-order valence-electron chi connectivity index (χ3n) is 1.37. The van der Waals surface area contributed by atoms with Gasteiger partial charge in [-0.25, -0.2) is 0 Å². The van der Waals surface area contributed by atoms with Crippen molar-refractivity contribution in [2.45, 2.75) is 13.8 Å². The van der Waals surface area contributed by atoms with E-state index in [4.69, 9.17) is 19.4 Å². The fraction of sp³-hybridized carbons (Fsp3) is 0.364. The lowest BCUT2D eigenvalue weighted by Gasteiger charge is -2.03. The third kappa shape index (κ3) is 7.37. The molecule has 0 aliphatic rings. The second kappa shape index (κ2) is 7.67. The molecule has 0 spiro atoms. The fourth-order valence-corrected chi connectivity index (χ4v) is 0.839. The molecule has 4 heteroatoms. The highest BCUT2D eigenvalue weighted by Crippen LogP contribution is 2.16. The minimum Gasteiger partial charge on any atom is -0.497 e. The summed E-state index contributed by atoms with van der Waals surface area (Å²) in [5.41, 5.74) is 0. The van der Waals surface area contributed by atoms with Crippen LogP contribution in [0.25, 0.3) is 0 Å². The summed E-state index contributed by atoms with van der Waals surface area (Å²) in [4.78, 5) is 9.00. The topological polar surface area (TPSA) is 55.8 Å². The van der Waals surface area contributed by atoms with Gasteiger partial charge in [0.25, 0.3) is 5.97 Å². The Morgan fingerprint density at radius 1 is 1.27 bits per heavy atom. The van der Waals surface area contributed by atoms with Gasteiger partial charge in [0.1, 0.15) is 11.5 Å². The van der Waals surface area contributed by atoms with Crippen LogP contribution in [0.1, 0.15) is 13.8 Å². The first-order valence-corrected chi connectivity index (χ1v) is 4.56. The molecule has 0 heterocycles. The van der Waals surface area contributed by atoms with Gasteiger partial charge in [0, 0.05) is 6.92 Å². The van der Waals surface area contributed by atoms with Crippen LogP contribution in [0.4, 0.5) is 0 Å². The monoisotopic (exact) mass is 212 g/mol. The average molecular weight is 212 g/mol. The molecule has 0 saturated carbocycles. The van der Waals surface area contributed by atoms with Crippen LogP contribution in [-0.4, -0.2) is 24.8 Å². The molecule has 0 atom stereocenters. The molecule has 0 aliphatic heterocycles. The Kier molecular flexibility index (Phi) is 6.80. The molecule has 1 N–H and O–H groups in total. The van der Waals surface area contributed by atoms with E-state index in [-0.39, 0.29) is 0 Å². The molecule has 0 fully saturated rings. The van der Waals surface area contributed by atoms with Crippen LogP contribution in [-0.2, 0) is 4.79 Å². The molecule has 0 radical (unpaired) electrons. The van der Waals surface area contributed by atoms with Crippen molar-refractivity contribution in [1.29, 1.82) is 0 Å². The van der Waals surface area contributed by atoms with E-state index < -0.39 is 5.97 Å². The number of hydrogen-bond acceptors (Lipinski definition) is 3. The Hall–Kier alpha value is -1.71. The Morgan fingerprint density at radius 2 is 1.67 bits per heavy atom. The normalized spacial score (nSPS) is 8.47. The maximum Gasteiger partial charge on any atom is 0.300 e. The Labute approximate surface area is 89.4 Å². The predicted octanol–water partition coefficient (Wildman–Crippen LogP) is 2.18. The number of carboxylic acids is 1. The van der Waals surface area contributed by atoms with Crippen LogP contribution in [0.3, 0.4) is 0 Å². The van der Waals surface area contributed by atoms with Crippen molar-refractivity contribution in [2.24, 2.45) is 0 Å². The average Bonchev–Trinajstić information content (AvgIpc) is 2.19. The van der Waals surface area contributed by atoms with Gasteiger partial charge in [0.15, 0.2) is 0 Å². The van der Waals surface area contributed by atoms with Gasteiger partial charge in [-0.2, -0.15) is 0 Å². The Morgan fingerprint density at radius 3 is 2.00 bits per heavy atom. The van der Waals surface area contributed by atoms with Crippen LogP contribution in [0.5, 0.6) is 11.5 Å². The molecule has 84 valence electrons. The Bertz CT molecular complexity index is 275. The molecule has 0 bridgehead atoms. The highest BCUT2D eigenvalue weighted by Gasteiger charge is 1.91. The fourth-order valence-electron chi connectivity index (χ4n) is 0.839. The zero-order chi connectivity index (χ0) is 11.7. The van der Waals surface area contributed by atoms with E-state index in [0.29, 0.717) is 6.61 Å². The van der Waals surface area contributed by atoms with Gasteiger partial charge in [-0.3, -0.25) is 4.79 Å². The minimum absolute atomic E-state index is 0.701. The molecule has 0 aromatic heterocycles. The van der Waals surface area contributed by atoms with Crippen LogP contribution in [0.2, 0.25) is 0 Å². The molecule has 0 saturated heterocycles. The van der Waals surface area contributed by atoms with Gasteiger partial charge in [0.05, 0.1) is 13.7 Å². The molecule has 15 heavy (non-hydrogen) atoms. The van der Waals surface area contributed by atoms with E-state index in [0.717, 1.165) is 18.4 Å². The number of ether oxygens (including phenoxy) is 2. The van der Waals surface area contributed by atoms with Crippen molar-refractivity contribution in [3.8, 4) is 11.5 Å². The largest absolute Gasteiger partial charge is 0.497 e. The molecular weight excluding hydrogens is 196 g/mol. The first kappa shape index (κ1) is 13.3. The smallest absolute Gasteiger partial charge is 0.300 e. The first-order valence-electron chi connectivity index (χ1n) is 4.56. The summed E-state index contributed by atoms with van der Waals surface area (Å²) in [5, 5.41) is 7.42. The van der Waals surface area contributed by atoms with Crippen molar-refractivity contribution in [2.75, 3.05) is 13.7 Å². The summed E-state index contributed by atoms with van der Waals surface area (Å²) < 4.78 is 10.2. The summed E-state index contributed by atoms with van der Waals surface area (Å²) in [5.74, 6) is 0.904. The molecule has 1 rings (SSSR count). The summed E-state index contributed by atoms with van der Waals surface area (Å²) >= 11 is 0. The number of carboxylic acid groups (broad SMARTS) is 1. The second-order valence-electron chi connectivity index (χ2n) is 2.63. The van der Waals surface area contributed by atoms with E-state index in [1.807, 2.05) is 31.2 Å². The number of hydrogen-bond donors (Lipinski definition) is 1. The third-order valence-corrected chi connectivity index (χ3v) is 1.37. The number of rotatable bonds is 3. The maximum atomic E-state index is 9.00. The van der Waals surface area contributed by atoms with E-state index in [1.54, 1.807) is 7.11 Å². The number of carbonyl (C=O) groups is 1. The summed E-state index contributed by atoms with van der Waals surface area (Å²) in [6.07, 6.45) is 0. The quantitative estimate of drug-likeness (QED) is 0.834. The van der Waals surface area contributed by atoms with Crippen LogP contribution in [0.15, 0.2) is 24.3 Å². The summed E-state index contributed by atoms with van der Waals surface area (Å²) in [6, 6.07) is 7.54. The van der Waals surface area contributed by atoms with Crippen LogP contribution >= 0.6 is 0 Å². The van der Waals surface area contributed by atoms with E-state index >= 15 is 0 Å². The standard InChI is InChI=1S/C9H12O2.C2H4O2/c1-3-11-9-6-4-8(10-2)5-7-9;1-2(3)4/h4-7H,3H2,1-2H3;1H3,(H,3,4). The van der Waals surface area contributed by atoms with Gasteiger partial charge in [0.2, 0.25) is 0 Å². The lowest BCUT2D eigenvalue weighted by Crippen LogP contribution is -1.90. The number of benzene rings is 1. The lowest BCUT2D eigenvalue weighted by atomic mass is 10.3. The summed E-state index contributed by atoms with van der Waals surface area (Å²) in [7, 11) is 1.65. The van der Waals surface area contributed by atoms with Gasteiger partial charge in [-0.05, 0) is 31.2 Å². The van der Waals surface area contributed by atoms with E-state index in [9.17, 15) is 0 Å². The van der Waals surface area contributed by atoms with Gasteiger partial charge in [-0.1, -0.05) is 0 Å². The number of aliphatic carboxylic acids is 1. The predicted molar refractivity (Wildman–Crippen MR) is 57.5 cm³/mol. The maximum absolute atomic E-state index is 9.00. The second-order valence-corrected chi connectivity index (χ2v) is 2.63. The Balaban J connectivity index is 0.000000423. The zero-order valence-corrected chi connectivity index (χ0v) is 9.19. The SMILES string of the molecule is CC(=O)O.CCOc1ccc(OC)cc1. The molecule has 0 aliphatic carbocycles.